The Morgan fingerprint density at radius 2 is 2.03 bits per heavy atom. The SMILES string of the molecule is CCNC(=NCCc1c[nH]c2c(CC)cccc12)N1CCC(OCCCOC)CC1. The van der Waals surface area contributed by atoms with E-state index in [0.717, 1.165) is 77.5 Å². The minimum absolute atomic E-state index is 0.361. The maximum atomic E-state index is 5.99. The third kappa shape index (κ3) is 5.99. The number of hydrogen-bond donors (Lipinski definition) is 2. The summed E-state index contributed by atoms with van der Waals surface area (Å²) in [6.45, 7) is 9.56. The Kier molecular flexibility index (Phi) is 9.02. The molecule has 2 aromatic rings. The number of piperidine rings is 1. The molecule has 2 N–H and O–H groups in total. The van der Waals surface area contributed by atoms with E-state index in [1.165, 1.54) is 22.0 Å². The van der Waals surface area contributed by atoms with Crippen molar-refractivity contribution in [1.29, 1.82) is 0 Å². The van der Waals surface area contributed by atoms with Gasteiger partial charge < -0.3 is 24.7 Å². The number of hydrogen-bond acceptors (Lipinski definition) is 3. The quantitative estimate of drug-likeness (QED) is 0.353. The molecule has 1 aromatic carbocycles. The number of H-pyrrole nitrogens is 1. The maximum Gasteiger partial charge on any atom is 0.193 e. The molecule has 1 aliphatic heterocycles. The monoisotopic (exact) mass is 414 g/mol. The van der Waals surface area contributed by atoms with Crippen LogP contribution in [0, 0.1) is 0 Å². The highest BCUT2D eigenvalue weighted by atomic mass is 16.5. The highest BCUT2D eigenvalue weighted by Crippen LogP contribution is 2.22. The topological polar surface area (TPSA) is 61.9 Å². The van der Waals surface area contributed by atoms with Crippen LogP contribution >= 0.6 is 0 Å². The van der Waals surface area contributed by atoms with Gasteiger partial charge in [0, 0.05) is 63.6 Å². The number of aromatic nitrogens is 1. The zero-order valence-electron chi connectivity index (χ0n) is 18.9. The summed E-state index contributed by atoms with van der Waals surface area (Å²) in [5.41, 5.74) is 4.00. The molecular weight excluding hydrogens is 376 g/mol. The van der Waals surface area contributed by atoms with Gasteiger partial charge in [0.1, 0.15) is 0 Å². The van der Waals surface area contributed by atoms with Gasteiger partial charge in [0.25, 0.3) is 0 Å². The van der Waals surface area contributed by atoms with E-state index in [4.69, 9.17) is 14.5 Å². The van der Waals surface area contributed by atoms with Crippen molar-refractivity contribution in [2.45, 2.75) is 52.1 Å². The number of likely N-dealkylation sites (tertiary alicyclic amines) is 1. The molecule has 0 amide bonds. The molecular formula is C24H38N4O2. The number of benzene rings is 1. The first-order valence-corrected chi connectivity index (χ1v) is 11.5. The fourth-order valence-corrected chi connectivity index (χ4v) is 4.17. The van der Waals surface area contributed by atoms with Gasteiger partial charge in [-0.15, -0.1) is 0 Å². The lowest BCUT2D eigenvalue weighted by molar-refractivity contribution is 0.00991. The zero-order chi connectivity index (χ0) is 21.2. The smallest absolute Gasteiger partial charge is 0.193 e. The van der Waals surface area contributed by atoms with E-state index in [1.807, 2.05) is 0 Å². The predicted molar refractivity (Wildman–Crippen MR) is 124 cm³/mol. The molecule has 6 nitrogen and oxygen atoms in total. The summed E-state index contributed by atoms with van der Waals surface area (Å²) in [5.74, 6) is 1.03. The molecule has 6 heteroatoms. The summed E-state index contributed by atoms with van der Waals surface area (Å²) in [6.07, 6.45) is 7.58. The van der Waals surface area contributed by atoms with Crippen LogP contribution in [0.5, 0.6) is 0 Å². The molecule has 1 saturated heterocycles. The molecule has 2 heterocycles. The number of aryl methyl sites for hydroxylation is 1. The van der Waals surface area contributed by atoms with Crippen molar-refractivity contribution < 1.29 is 9.47 Å². The molecule has 0 atom stereocenters. The van der Waals surface area contributed by atoms with Crippen LogP contribution in [0.25, 0.3) is 10.9 Å². The molecule has 0 spiro atoms. The van der Waals surface area contributed by atoms with Gasteiger partial charge in [-0.3, -0.25) is 4.99 Å². The standard InChI is InChI=1S/C24H38N4O2/c1-4-19-8-6-9-22-20(18-27-23(19)22)10-13-26-24(25-5-2)28-14-11-21(12-15-28)30-17-7-16-29-3/h6,8-9,18,21,27H,4-5,7,10-17H2,1-3H3,(H,25,26). The number of guanidine groups is 1. The number of methoxy groups -OCH3 is 1. The van der Waals surface area contributed by atoms with Crippen LogP contribution in [-0.2, 0) is 22.3 Å². The van der Waals surface area contributed by atoms with Gasteiger partial charge in [-0.1, -0.05) is 25.1 Å². The van der Waals surface area contributed by atoms with E-state index >= 15 is 0 Å². The third-order valence-corrected chi connectivity index (χ3v) is 5.83. The summed E-state index contributed by atoms with van der Waals surface area (Å²) < 4.78 is 11.1. The van der Waals surface area contributed by atoms with Crippen molar-refractivity contribution in [2.24, 2.45) is 4.99 Å². The van der Waals surface area contributed by atoms with Gasteiger partial charge in [-0.25, -0.2) is 0 Å². The number of fused-ring (bicyclic) bond motifs is 1. The number of ether oxygens (including phenoxy) is 2. The van der Waals surface area contributed by atoms with Gasteiger partial charge in [0.15, 0.2) is 5.96 Å². The van der Waals surface area contributed by atoms with Crippen LogP contribution in [0.4, 0.5) is 0 Å². The van der Waals surface area contributed by atoms with Gasteiger partial charge in [0.2, 0.25) is 0 Å². The molecule has 0 aliphatic carbocycles. The molecule has 0 radical (unpaired) electrons. The predicted octanol–water partition coefficient (Wildman–Crippen LogP) is 3.76. The van der Waals surface area contributed by atoms with E-state index in [9.17, 15) is 0 Å². The molecule has 0 unspecified atom stereocenters. The van der Waals surface area contributed by atoms with Crippen LogP contribution in [0.1, 0.15) is 44.2 Å². The zero-order valence-corrected chi connectivity index (χ0v) is 18.9. The van der Waals surface area contributed by atoms with Crippen LogP contribution in [0.15, 0.2) is 29.4 Å². The van der Waals surface area contributed by atoms with Gasteiger partial charge in [-0.2, -0.15) is 0 Å². The minimum atomic E-state index is 0.361. The largest absolute Gasteiger partial charge is 0.385 e. The Labute approximate surface area is 181 Å². The molecule has 1 aromatic heterocycles. The Hall–Kier alpha value is -2.05. The molecule has 3 rings (SSSR count). The molecule has 0 bridgehead atoms. The second-order valence-electron chi connectivity index (χ2n) is 7.90. The van der Waals surface area contributed by atoms with E-state index in [1.54, 1.807) is 7.11 Å². The fourth-order valence-electron chi connectivity index (χ4n) is 4.17. The van der Waals surface area contributed by atoms with Gasteiger partial charge in [0.05, 0.1) is 6.10 Å². The van der Waals surface area contributed by atoms with Crippen molar-refractivity contribution in [3.05, 3.63) is 35.5 Å². The highest BCUT2D eigenvalue weighted by molar-refractivity contribution is 5.86. The number of para-hydroxylation sites is 1. The first kappa shape index (κ1) is 22.6. The Morgan fingerprint density at radius 1 is 1.20 bits per heavy atom. The van der Waals surface area contributed by atoms with Crippen molar-refractivity contribution in [3.8, 4) is 0 Å². The third-order valence-electron chi connectivity index (χ3n) is 5.83. The molecule has 30 heavy (non-hydrogen) atoms. The lowest BCUT2D eigenvalue weighted by Gasteiger charge is -2.34. The summed E-state index contributed by atoms with van der Waals surface area (Å²) in [5, 5.41) is 4.81. The Bertz CT molecular complexity index is 794. The van der Waals surface area contributed by atoms with Gasteiger partial charge in [-0.05, 0) is 50.2 Å². The number of rotatable bonds is 10. The van der Waals surface area contributed by atoms with Crippen LogP contribution in [-0.4, -0.2) is 68.4 Å². The van der Waals surface area contributed by atoms with Crippen molar-refractivity contribution >= 4 is 16.9 Å². The summed E-state index contributed by atoms with van der Waals surface area (Å²) in [4.78, 5) is 10.8. The van der Waals surface area contributed by atoms with E-state index in [-0.39, 0.29) is 0 Å². The van der Waals surface area contributed by atoms with Crippen molar-refractivity contribution in [2.75, 3.05) is 46.5 Å². The van der Waals surface area contributed by atoms with Crippen LogP contribution in [0.3, 0.4) is 0 Å². The maximum absolute atomic E-state index is 5.99. The second-order valence-corrected chi connectivity index (χ2v) is 7.90. The molecule has 1 fully saturated rings. The highest BCUT2D eigenvalue weighted by Gasteiger charge is 2.21. The Morgan fingerprint density at radius 3 is 2.77 bits per heavy atom. The van der Waals surface area contributed by atoms with E-state index in [2.05, 4.69) is 53.4 Å². The van der Waals surface area contributed by atoms with E-state index < -0.39 is 0 Å². The Balaban J connectivity index is 1.53. The van der Waals surface area contributed by atoms with Crippen LogP contribution < -0.4 is 5.32 Å². The first-order chi connectivity index (χ1) is 14.8. The van der Waals surface area contributed by atoms with Crippen molar-refractivity contribution in [1.82, 2.24) is 15.2 Å². The molecule has 0 saturated carbocycles. The number of aliphatic imine (C=N–C) groups is 1. The second kappa shape index (κ2) is 12.0. The molecule has 166 valence electrons. The average Bonchev–Trinajstić information content (AvgIpc) is 3.20. The number of aromatic amines is 1. The normalized spacial score (nSPS) is 15.8. The van der Waals surface area contributed by atoms with Gasteiger partial charge >= 0.3 is 0 Å². The van der Waals surface area contributed by atoms with E-state index in [0.29, 0.717) is 6.10 Å². The number of nitrogens with one attached hydrogen (secondary N) is 2. The lowest BCUT2D eigenvalue weighted by Crippen LogP contribution is -2.47. The summed E-state index contributed by atoms with van der Waals surface area (Å²) >= 11 is 0. The first-order valence-electron chi connectivity index (χ1n) is 11.5. The fraction of sp³-hybridized carbons (Fsp3) is 0.625. The summed E-state index contributed by atoms with van der Waals surface area (Å²) in [6, 6.07) is 6.58. The molecule has 1 aliphatic rings. The minimum Gasteiger partial charge on any atom is -0.385 e. The number of nitrogens with zero attached hydrogens (tertiary/aromatic N) is 2. The van der Waals surface area contributed by atoms with Crippen molar-refractivity contribution in [3.63, 3.8) is 0 Å². The average molecular weight is 415 g/mol. The lowest BCUT2D eigenvalue weighted by atomic mass is 10.1. The summed E-state index contributed by atoms with van der Waals surface area (Å²) in [7, 11) is 1.74. The van der Waals surface area contributed by atoms with Crippen LogP contribution in [0.2, 0.25) is 0 Å².